The number of nitrogens with zero attached hydrogens (tertiary/aromatic N) is 1. The lowest BCUT2D eigenvalue weighted by molar-refractivity contribution is 0.0950. The number of nitrogens with one attached hydrogen (secondary N) is 1. The molecule has 0 fully saturated rings. The van der Waals surface area contributed by atoms with Gasteiger partial charge in [-0.15, -0.1) is 0 Å². The van der Waals surface area contributed by atoms with E-state index in [0.29, 0.717) is 6.54 Å². The van der Waals surface area contributed by atoms with Crippen molar-refractivity contribution in [1.82, 2.24) is 10.3 Å². The SMILES string of the molecule is CC(N)CCCNC(=O)c1ccncc1O. The third-order valence-corrected chi connectivity index (χ3v) is 2.17. The number of pyridine rings is 1. The molecule has 0 saturated heterocycles. The van der Waals surface area contributed by atoms with Gasteiger partial charge in [-0.1, -0.05) is 0 Å². The van der Waals surface area contributed by atoms with Crippen molar-refractivity contribution in [2.45, 2.75) is 25.8 Å². The van der Waals surface area contributed by atoms with Gasteiger partial charge in [-0.25, -0.2) is 0 Å². The normalized spacial score (nSPS) is 12.1. The first-order chi connectivity index (χ1) is 7.61. The fourth-order valence-electron chi connectivity index (χ4n) is 1.30. The summed E-state index contributed by atoms with van der Waals surface area (Å²) in [6.07, 6.45) is 4.41. The predicted octanol–water partition coefficient (Wildman–Crippen LogP) is 0.644. The van der Waals surface area contributed by atoms with Gasteiger partial charge in [0.05, 0.1) is 11.8 Å². The Morgan fingerprint density at radius 3 is 3.06 bits per heavy atom. The van der Waals surface area contributed by atoms with Crippen LogP contribution in [0, 0.1) is 0 Å². The molecule has 5 heteroatoms. The maximum atomic E-state index is 11.6. The number of aromatic hydroxyl groups is 1. The average Bonchev–Trinajstić information content (AvgIpc) is 2.24. The molecule has 1 amide bonds. The summed E-state index contributed by atoms with van der Waals surface area (Å²) in [7, 11) is 0. The summed E-state index contributed by atoms with van der Waals surface area (Å²) in [6, 6.07) is 1.63. The Kier molecular flexibility index (Phi) is 4.72. The largest absolute Gasteiger partial charge is 0.505 e. The van der Waals surface area contributed by atoms with Gasteiger partial charge in [0.25, 0.3) is 5.91 Å². The highest BCUT2D eigenvalue weighted by Crippen LogP contribution is 2.13. The highest BCUT2D eigenvalue weighted by atomic mass is 16.3. The minimum atomic E-state index is -0.287. The zero-order chi connectivity index (χ0) is 12.0. The first-order valence-electron chi connectivity index (χ1n) is 5.28. The van der Waals surface area contributed by atoms with Crippen molar-refractivity contribution in [3.8, 4) is 5.75 Å². The predicted molar refractivity (Wildman–Crippen MR) is 61.1 cm³/mol. The van der Waals surface area contributed by atoms with Gasteiger partial charge in [-0.3, -0.25) is 9.78 Å². The average molecular weight is 223 g/mol. The lowest BCUT2D eigenvalue weighted by atomic mass is 10.2. The molecular weight excluding hydrogens is 206 g/mol. The molecular formula is C11H17N3O2. The van der Waals surface area contributed by atoms with Crippen molar-refractivity contribution in [3.05, 3.63) is 24.0 Å². The monoisotopic (exact) mass is 223 g/mol. The smallest absolute Gasteiger partial charge is 0.255 e. The number of hydrogen-bond acceptors (Lipinski definition) is 4. The Hall–Kier alpha value is -1.62. The number of rotatable bonds is 5. The van der Waals surface area contributed by atoms with Gasteiger partial charge in [0.2, 0.25) is 0 Å². The van der Waals surface area contributed by atoms with E-state index >= 15 is 0 Å². The standard InChI is InChI=1S/C11H17N3O2/c1-8(12)3-2-5-14-11(16)9-4-6-13-7-10(9)15/h4,6-8,15H,2-3,5,12H2,1H3,(H,14,16). The zero-order valence-electron chi connectivity index (χ0n) is 9.31. The van der Waals surface area contributed by atoms with Crippen molar-refractivity contribution in [1.29, 1.82) is 0 Å². The molecule has 1 aromatic heterocycles. The van der Waals surface area contributed by atoms with E-state index in [1.165, 1.54) is 18.5 Å². The van der Waals surface area contributed by atoms with Gasteiger partial charge in [0, 0.05) is 18.8 Å². The van der Waals surface area contributed by atoms with Crippen LogP contribution >= 0.6 is 0 Å². The first-order valence-corrected chi connectivity index (χ1v) is 5.28. The molecule has 1 atom stereocenters. The molecule has 16 heavy (non-hydrogen) atoms. The number of hydrogen-bond donors (Lipinski definition) is 3. The summed E-state index contributed by atoms with van der Waals surface area (Å²) in [5.41, 5.74) is 5.83. The Balaban J connectivity index is 2.39. The van der Waals surface area contributed by atoms with E-state index in [4.69, 9.17) is 5.73 Å². The first kappa shape index (κ1) is 12.4. The molecule has 0 aromatic carbocycles. The Morgan fingerprint density at radius 2 is 2.44 bits per heavy atom. The molecule has 5 nitrogen and oxygen atoms in total. The molecule has 88 valence electrons. The number of aromatic nitrogens is 1. The molecule has 1 unspecified atom stereocenters. The molecule has 0 aliphatic carbocycles. The van der Waals surface area contributed by atoms with Crippen molar-refractivity contribution in [3.63, 3.8) is 0 Å². The second-order valence-corrected chi connectivity index (χ2v) is 3.77. The van der Waals surface area contributed by atoms with Gasteiger partial charge in [0.1, 0.15) is 5.75 Å². The molecule has 1 heterocycles. The van der Waals surface area contributed by atoms with Crippen LogP contribution in [0.3, 0.4) is 0 Å². The number of nitrogens with two attached hydrogens (primary N) is 1. The molecule has 1 aromatic rings. The van der Waals surface area contributed by atoms with Crippen LogP contribution in [0.5, 0.6) is 5.75 Å². The van der Waals surface area contributed by atoms with Crippen LogP contribution in [0.2, 0.25) is 0 Å². The fraction of sp³-hybridized carbons (Fsp3) is 0.455. The molecule has 4 N–H and O–H groups in total. The molecule has 0 aliphatic rings. The Morgan fingerprint density at radius 1 is 1.69 bits per heavy atom. The molecule has 0 radical (unpaired) electrons. The highest BCUT2D eigenvalue weighted by molar-refractivity contribution is 5.96. The van der Waals surface area contributed by atoms with E-state index in [-0.39, 0.29) is 23.3 Å². The van der Waals surface area contributed by atoms with Gasteiger partial charge >= 0.3 is 0 Å². The van der Waals surface area contributed by atoms with E-state index in [9.17, 15) is 9.90 Å². The van der Waals surface area contributed by atoms with Gasteiger partial charge < -0.3 is 16.2 Å². The number of carbonyl (C=O) groups is 1. The summed E-state index contributed by atoms with van der Waals surface area (Å²) in [5, 5.41) is 12.1. The van der Waals surface area contributed by atoms with Crippen molar-refractivity contribution in [2.24, 2.45) is 5.73 Å². The summed E-state index contributed by atoms with van der Waals surface area (Å²) in [6.45, 7) is 2.48. The fourth-order valence-corrected chi connectivity index (χ4v) is 1.30. The quantitative estimate of drug-likeness (QED) is 0.639. The lowest BCUT2D eigenvalue weighted by Crippen LogP contribution is -2.26. The number of amides is 1. The number of carbonyl (C=O) groups excluding carboxylic acids is 1. The minimum Gasteiger partial charge on any atom is -0.505 e. The van der Waals surface area contributed by atoms with Crippen molar-refractivity contribution in [2.75, 3.05) is 6.54 Å². The molecule has 0 aliphatic heterocycles. The summed E-state index contributed by atoms with van der Waals surface area (Å²) in [4.78, 5) is 15.3. The zero-order valence-corrected chi connectivity index (χ0v) is 9.31. The van der Waals surface area contributed by atoms with E-state index in [1.807, 2.05) is 6.92 Å². The highest BCUT2D eigenvalue weighted by Gasteiger charge is 2.09. The Labute approximate surface area is 94.7 Å². The molecule has 0 saturated carbocycles. The van der Waals surface area contributed by atoms with Crippen molar-refractivity contribution >= 4 is 5.91 Å². The van der Waals surface area contributed by atoms with Crippen LogP contribution in [0.15, 0.2) is 18.5 Å². The van der Waals surface area contributed by atoms with Crippen LogP contribution in [0.4, 0.5) is 0 Å². The van der Waals surface area contributed by atoms with Crippen LogP contribution in [-0.2, 0) is 0 Å². The minimum absolute atomic E-state index is 0.104. The van der Waals surface area contributed by atoms with E-state index in [2.05, 4.69) is 10.3 Å². The van der Waals surface area contributed by atoms with Crippen LogP contribution in [0.25, 0.3) is 0 Å². The van der Waals surface area contributed by atoms with Crippen LogP contribution in [-0.4, -0.2) is 28.6 Å². The van der Waals surface area contributed by atoms with Crippen molar-refractivity contribution < 1.29 is 9.90 Å². The van der Waals surface area contributed by atoms with Gasteiger partial charge in [0.15, 0.2) is 0 Å². The van der Waals surface area contributed by atoms with Crippen LogP contribution < -0.4 is 11.1 Å². The maximum Gasteiger partial charge on any atom is 0.255 e. The van der Waals surface area contributed by atoms with E-state index < -0.39 is 0 Å². The van der Waals surface area contributed by atoms with Crippen LogP contribution in [0.1, 0.15) is 30.1 Å². The lowest BCUT2D eigenvalue weighted by Gasteiger charge is -2.07. The molecule has 1 rings (SSSR count). The Bertz CT molecular complexity index is 353. The topological polar surface area (TPSA) is 88.2 Å². The molecule has 0 bridgehead atoms. The third-order valence-electron chi connectivity index (χ3n) is 2.17. The van der Waals surface area contributed by atoms with Gasteiger partial charge in [-0.05, 0) is 25.8 Å². The molecule has 0 spiro atoms. The van der Waals surface area contributed by atoms with E-state index in [1.54, 1.807) is 0 Å². The summed E-state index contributed by atoms with van der Waals surface area (Å²) in [5.74, 6) is -0.392. The third kappa shape index (κ3) is 3.86. The summed E-state index contributed by atoms with van der Waals surface area (Å²) < 4.78 is 0. The maximum absolute atomic E-state index is 11.6. The van der Waals surface area contributed by atoms with Gasteiger partial charge in [-0.2, -0.15) is 0 Å². The summed E-state index contributed by atoms with van der Waals surface area (Å²) >= 11 is 0. The second kappa shape index (κ2) is 6.07. The second-order valence-electron chi connectivity index (χ2n) is 3.77. The van der Waals surface area contributed by atoms with E-state index in [0.717, 1.165) is 12.8 Å².